The lowest BCUT2D eigenvalue weighted by Gasteiger charge is -2.19. The zero-order valence-corrected chi connectivity index (χ0v) is 30.8. The fraction of sp³-hybridized carbons (Fsp3) is 0.0889. The molecule has 0 fully saturated rings. The third-order valence-electron chi connectivity index (χ3n) is 9.96. The van der Waals surface area contributed by atoms with E-state index in [1.165, 1.54) is 36.4 Å². The zero-order chi connectivity index (χ0) is 40.1. The average molecular weight is 760 g/mol. The van der Waals surface area contributed by atoms with E-state index in [1.54, 1.807) is 49.5 Å². The highest BCUT2D eigenvalue weighted by atomic mass is 16.4. The lowest BCUT2D eigenvalue weighted by Crippen LogP contribution is -2.23. The molecule has 2 aliphatic carbocycles. The molecule has 0 saturated heterocycles. The molecule has 0 bridgehead atoms. The van der Waals surface area contributed by atoms with Gasteiger partial charge in [-0.25, -0.2) is 9.59 Å². The number of carboxylic acids is 2. The molecule has 4 aromatic carbocycles. The van der Waals surface area contributed by atoms with Crippen LogP contribution in [0.2, 0.25) is 0 Å². The van der Waals surface area contributed by atoms with E-state index in [4.69, 9.17) is 8.83 Å². The first-order chi connectivity index (χ1) is 27.4. The molecule has 57 heavy (non-hydrogen) atoms. The van der Waals surface area contributed by atoms with Crippen LogP contribution in [0.3, 0.4) is 0 Å². The maximum absolute atomic E-state index is 13.6. The molecule has 0 saturated carbocycles. The van der Waals surface area contributed by atoms with E-state index in [0.717, 1.165) is 5.69 Å². The number of phenols is 1. The molecule has 0 atom stereocenters. The predicted molar refractivity (Wildman–Crippen MR) is 215 cm³/mol. The van der Waals surface area contributed by atoms with Crippen LogP contribution in [0.1, 0.15) is 36.6 Å². The van der Waals surface area contributed by atoms with E-state index in [1.807, 2.05) is 49.3 Å². The molecule has 4 aromatic rings. The number of benzene rings is 6. The first-order valence-corrected chi connectivity index (χ1v) is 17.7. The van der Waals surface area contributed by atoms with Crippen LogP contribution in [-0.4, -0.2) is 54.3 Å². The van der Waals surface area contributed by atoms with Gasteiger partial charge in [-0.1, -0.05) is 18.2 Å². The summed E-state index contributed by atoms with van der Waals surface area (Å²) < 4.78 is 12.2. The van der Waals surface area contributed by atoms with Gasteiger partial charge in [0.15, 0.2) is 5.43 Å². The summed E-state index contributed by atoms with van der Waals surface area (Å²) in [6.45, 7) is -0.0724. The van der Waals surface area contributed by atoms with Gasteiger partial charge in [-0.3, -0.25) is 14.6 Å². The maximum Gasteiger partial charge on any atom is 0.336 e. The number of nitrogens with zero attached hydrogens (tertiary/aromatic N) is 2. The summed E-state index contributed by atoms with van der Waals surface area (Å²) in [6, 6.07) is 29.1. The molecule has 0 aromatic heterocycles. The van der Waals surface area contributed by atoms with Gasteiger partial charge in [0, 0.05) is 96.2 Å². The van der Waals surface area contributed by atoms with E-state index in [-0.39, 0.29) is 45.8 Å². The van der Waals surface area contributed by atoms with Crippen LogP contribution in [0.4, 0.5) is 5.69 Å². The van der Waals surface area contributed by atoms with E-state index in [2.05, 4.69) is 10.3 Å². The Morgan fingerprint density at radius 2 is 1.26 bits per heavy atom. The molecule has 0 spiro atoms. The first kappa shape index (κ1) is 36.3. The van der Waals surface area contributed by atoms with Gasteiger partial charge in [0.2, 0.25) is 0 Å². The number of aromatic carboxylic acids is 2. The van der Waals surface area contributed by atoms with Crippen molar-refractivity contribution in [2.75, 3.05) is 26.0 Å². The standard InChI is InChI=1S/C45H33N3O9/c1-46-25-6-12-31-37(18-25)56-38-19-26(48(2)3)7-13-32(38)42(31)30-11-5-24(17-36(30)45(54)55)43(51)47-22-23-4-10-29(35(16-23)44(52)53)41-33-14-8-27(49)20-39(33)57-40-21-28(50)9-15-34(40)41/h4-21,49H,22H2,1-3H3,(H,47,51)(H,52,53)(H,54,55). The molecule has 4 aliphatic rings. The molecule has 282 valence electrons. The Balaban J connectivity index is 1.15. The number of amides is 1. The fourth-order valence-corrected chi connectivity index (χ4v) is 7.19. The van der Waals surface area contributed by atoms with Crippen LogP contribution in [0.15, 0.2) is 128 Å². The Bertz CT molecular complexity index is 3030. The first-order valence-electron chi connectivity index (χ1n) is 17.7. The van der Waals surface area contributed by atoms with Crippen LogP contribution in [0.25, 0.3) is 66.8 Å². The number of carboxylic acid groups (broad SMARTS) is 2. The average Bonchev–Trinajstić information content (AvgIpc) is 3.20. The number of nitrogens with one attached hydrogen (secondary N) is 1. The summed E-state index contributed by atoms with van der Waals surface area (Å²) in [7, 11) is 5.49. The molecular formula is C45H33N3O9. The van der Waals surface area contributed by atoms with Gasteiger partial charge >= 0.3 is 11.9 Å². The van der Waals surface area contributed by atoms with Gasteiger partial charge in [0.05, 0.1) is 16.5 Å². The van der Waals surface area contributed by atoms with Gasteiger partial charge in [-0.05, 0) is 83.4 Å². The van der Waals surface area contributed by atoms with Crippen molar-refractivity contribution in [1.29, 1.82) is 0 Å². The second kappa shape index (κ2) is 14.2. The van der Waals surface area contributed by atoms with Gasteiger partial charge in [-0.15, -0.1) is 0 Å². The molecule has 12 nitrogen and oxygen atoms in total. The summed E-state index contributed by atoms with van der Waals surface area (Å²) in [6.07, 6.45) is 0. The Labute approximate surface area is 323 Å². The number of hydrogen-bond donors (Lipinski definition) is 4. The third-order valence-corrected chi connectivity index (χ3v) is 9.96. The van der Waals surface area contributed by atoms with Crippen molar-refractivity contribution in [2.24, 2.45) is 4.99 Å². The van der Waals surface area contributed by atoms with E-state index in [0.29, 0.717) is 66.4 Å². The number of fused-ring (bicyclic) bond motifs is 4. The highest BCUT2D eigenvalue weighted by molar-refractivity contribution is 6.10. The number of hydrogen-bond acceptors (Lipinski definition) is 9. The molecule has 0 radical (unpaired) electrons. The van der Waals surface area contributed by atoms with Gasteiger partial charge in [0.25, 0.3) is 5.91 Å². The minimum absolute atomic E-state index is 0.0663. The predicted octanol–water partition coefficient (Wildman–Crippen LogP) is 7.71. The molecular weight excluding hydrogens is 727 g/mol. The third kappa shape index (κ3) is 6.59. The Hall–Kier alpha value is -7.73. The van der Waals surface area contributed by atoms with Crippen LogP contribution in [-0.2, 0) is 6.54 Å². The monoisotopic (exact) mass is 759 g/mol. The summed E-state index contributed by atoms with van der Waals surface area (Å²) in [5.41, 5.74) is 4.80. The van der Waals surface area contributed by atoms with Crippen LogP contribution >= 0.6 is 0 Å². The lowest BCUT2D eigenvalue weighted by atomic mass is 9.89. The molecule has 0 unspecified atom stereocenters. The minimum Gasteiger partial charge on any atom is -0.508 e. The highest BCUT2D eigenvalue weighted by Crippen LogP contribution is 2.44. The van der Waals surface area contributed by atoms with Crippen molar-refractivity contribution in [2.45, 2.75) is 6.54 Å². The van der Waals surface area contributed by atoms with Crippen molar-refractivity contribution >= 4 is 45.5 Å². The molecule has 2 heterocycles. The number of rotatable bonds is 8. The Morgan fingerprint density at radius 3 is 1.93 bits per heavy atom. The number of aromatic hydroxyl groups is 1. The van der Waals surface area contributed by atoms with Gasteiger partial charge in [-0.2, -0.15) is 0 Å². The second-order valence-corrected chi connectivity index (χ2v) is 13.7. The van der Waals surface area contributed by atoms with Gasteiger partial charge < -0.3 is 34.4 Å². The quantitative estimate of drug-likeness (QED) is 0.112. The largest absolute Gasteiger partial charge is 0.508 e. The molecule has 12 heteroatoms. The molecule has 1 amide bonds. The number of anilines is 1. The summed E-state index contributed by atoms with van der Waals surface area (Å²) >= 11 is 0. The number of carbonyl (C=O) groups excluding carboxylic acids is 1. The zero-order valence-electron chi connectivity index (χ0n) is 30.8. The van der Waals surface area contributed by atoms with Crippen molar-refractivity contribution in [3.8, 4) is 50.7 Å². The smallest absolute Gasteiger partial charge is 0.336 e. The SMILES string of the molecule is CN=c1ccc2c(-c3ccc(C(=O)NCc4ccc(-c5c6ccc(=O)cc-6oc6cc(O)ccc56)c(C(=O)O)c4)cc3C(=O)O)c3ccc(N(C)C)cc3oc-2c1. The number of phenolic OH excluding ortho intramolecular Hbond substituents is 1. The summed E-state index contributed by atoms with van der Waals surface area (Å²) in [5.74, 6) is -2.36. The van der Waals surface area contributed by atoms with Crippen LogP contribution in [0, 0.1) is 0 Å². The Morgan fingerprint density at radius 1 is 0.667 bits per heavy atom. The van der Waals surface area contributed by atoms with E-state index in [9.17, 15) is 34.5 Å². The van der Waals surface area contributed by atoms with Crippen LogP contribution < -0.4 is 21.0 Å². The topological polar surface area (TPSA) is 183 Å². The summed E-state index contributed by atoms with van der Waals surface area (Å²) in [5, 5.41) is 35.7. The minimum atomic E-state index is -1.23. The summed E-state index contributed by atoms with van der Waals surface area (Å²) in [4.78, 5) is 57.5. The van der Waals surface area contributed by atoms with Gasteiger partial charge in [0.1, 0.15) is 28.4 Å². The molecule has 4 N–H and O–H groups in total. The van der Waals surface area contributed by atoms with E-state index >= 15 is 0 Å². The molecule has 8 rings (SSSR count). The van der Waals surface area contributed by atoms with Crippen molar-refractivity contribution in [3.05, 3.63) is 147 Å². The van der Waals surface area contributed by atoms with Crippen molar-refractivity contribution in [1.82, 2.24) is 5.32 Å². The fourth-order valence-electron chi connectivity index (χ4n) is 7.19. The second-order valence-electron chi connectivity index (χ2n) is 13.7. The highest BCUT2D eigenvalue weighted by Gasteiger charge is 2.25. The van der Waals surface area contributed by atoms with E-state index < -0.39 is 17.8 Å². The van der Waals surface area contributed by atoms with Crippen LogP contribution in [0.5, 0.6) is 5.75 Å². The van der Waals surface area contributed by atoms with Crippen molar-refractivity contribution < 1.29 is 38.5 Å². The maximum atomic E-state index is 13.6. The molecule has 2 aliphatic heterocycles. The lowest BCUT2D eigenvalue weighted by molar-refractivity contribution is 0.0686. The normalized spacial score (nSPS) is 11.7. The van der Waals surface area contributed by atoms with Crippen molar-refractivity contribution in [3.63, 3.8) is 0 Å². The number of carbonyl (C=O) groups is 3. The Kier molecular flexibility index (Phi) is 9.01.